The highest BCUT2D eigenvalue weighted by molar-refractivity contribution is 5.75. The summed E-state index contributed by atoms with van der Waals surface area (Å²) in [5.41, 5.74) is 1.01. The third-order valence-electron chi connectivity index (χ3n) is 2.27. The lowest BCUT2D eigenvalue weighted by molar-refractivity contribution is -0.121. The molecule has 0 aliphatic rings. The number of amides is 1. The highest BCUT2D eigenvalue weighted by Gasteiger charge is 2.04. The Labute approximate surface area is 90.7 Å². The Morgan fingerprint density at radius 2 is 2.33 bits per heavy atom. The highest BCUT2D eigenvalue weighted by atomic mass is 16.2. The van der Waals surface area contributed by atoms with Gasteiger partial charge in [0.2, 0.25) is 5.91 Å². The molecule has 4 heteroatoms. The van der Waals surface area contributed by atoms with Gasteiger partial charge in [0.05, 0.1) is 0 Å². The number of nitrogens with zero attached hydrogens (tertiary/aromatic N) is 2. The van der Waals surface area contributed by atoms with Crippen LogP contribution >= 0.6 is 0 Å². The van der Waals surface area contributed by atoms with Crippen molar-refractivity contribution in [1.29, 1.82) is 0 Å². The highest BCUT2D eigenvalue weighted by Crippen LogP contribution is 1.97. The van der Waals surface area contributed by atoms with Crippen molar-refractivity contribution in [2.75, 3.05) is 6.54 Å². The zero-order valence-corrected chi connectivity index (χ0v) is 9.66. The van der Waals surface area contributed by atoms with Gasteiger partial charge < -0.3 is 5.32 Å². The van der Waals surface area contributed by atoms with Crippen molar-refractivity contribution < 1.29 is 4.79 Å². The summed E-state index contributed by atoms with van der Waals surface area (Å²) >= 11 is 0. The molecule has 1 N–H and O–H groups in total. The molecule has 1 aromatic heterocycles. The Bertz CT molecular complexity index is 317. The molecular formula is C11H19N3O. The van der Waals surface area contributed by atoms with Crippen LogP contribution in [0.2, 0.25) is 0 Å². The van der Waals surface area contributed by atoms with Crippen molar-refractivity contribution in [2.24, 2.45) is 5.92 Å². The Balaban J connectivity index is 2.28. The fourth-order valence-corrected chi connectivity index (χ4v) is 1.26. The summed E-state index contributed by atoms with van der Waals surface area (Å²) in [6, 6.07) is 1.89. The molecule has 4 nitrogen and oxygen atoms in total. The molecule has 0 spiro atoms. The molecular weight excluding hydrogens is 190 g/mol. The van der Waals surface area contributed by atoms with Crippen molar-refractivity contribution >= 4 is 5.91 Å². The maximum Gasteiger partial charge on any atom is 0.241 e. The van der Waals surface area contributed by atoms with E-state index in [0.29, 0.717) is 12.5 Å². The van der Waals surface area contributed by atoms with Crippen LogP contribution in [0.3, 0.4) is 0 Å². The minimum atomic E-state index is 0.0300. The monoisotopic (exact) mass is 209 g/mol. The molecule has 1 heterocycles. The maximum atomic E-state index is 11.5. The van der Waals surface area contributed by atoms with Gasteiger partial charge in [-0.3, -0.25) is 9.48 Å². The Morgan fingerprint density at radius 1 is 1.60 bits per heavy atom. The van der Waals surface area contributed by atoms with Crippen molar-refractivity contribution in [3.63, 3.8) is 0 Å². The zero-order chi connectivity index (χ0) is 11.3. The first-order valence-electron chi connectivity index (χ1n) is 5.34. The van der Waals surface area contributed by atoms with Crippen LogP contribution < -0.4 is 5.32 Å². The molecule has 84 valence electrons. The van der Waals surface area contributed by atoms with E-state index in [1.807, 2.05) is 13.0 Å². The molecule has 0 radical (unpaired) electrons. The average molecular weight is 209 g/mol. The number of hydrogen-bond donors (Lipinski definition) is 1. The first-order chi connectivity index (χ1) is 7.09. The van der Waals surface area contributed by atoms with Crippen molar-refractivity contribution in [3.05, 3.63) is 18.0 Å². The molecule has 0 atom stereocenters. The summed E-state index contributed by atoms with van der Waals surface area (Å²) in [4.78, 5) is 11.5. The fourth-order valence-electron chi connectivity index (χ4n) is 1.26. The summed E-state index contributed by atoms with van der Waals surface area (Å²) in [6.07, 6.45) is 2.72. The largest absolute Gasteiger partial charge is 0.354 e. The Kier molecular flexibility index (Phi) is 4.34. The van der Waals surface area contributed by atoms with Crippen LogP contribution in [0.4, 0.5) is 0 Å². The van der Waals surface area contributed by atoms with Gasteiger partial charge in [-0.25, -0.2) is 0 Å². The summed E-state index contributed by atoms with van der Waals surface area (Å²) < 4.78 is 1.70. The number of hydrogen-bond acceptors (Lipinski definition) is 2. The first-order valence-corrected chi connectivity index (χ1v) is 5.34. The second kappa shape index (κ2) is 5.53. The van der Waals surface area contributed by atoms with Crippen molar-refractivity contribution in [3.8, 4) is 0 Å². The number of carbonyl (C=O) groups excluding carboxylic acids is 1. The lowest BCUT2D eigenvalue weighted by Gasteiger charge is -2.08. The van der Waals surface area contributed by atoms with E-state index < -0.39 is 0 Å². The molecule has 0 saturated carbocycles. The summed E-state index contributed by atoms with van der Waals surface area (Å²) in [7, 11) is 0. The molecule has 0 bridgehead atoms. The van der Waals surface area contributed by atoms with Gasteiger partial charge in [0.1, 0.15) is 6.54 Å². The summed E-state index contributed by atoms with van der Waals surface area (Å²) in [5.74, 6) is 0.652. The first kappa shape index (κ1) is 11.8. The van der Waals surface area contributed by atoms with E-state index in [2.05, 4.69) is 24.3 Å². The Morgan fingerprint density at radius 3 is 2.87 bits per heavy atom. The van der Waals surface area contributed by atoms with Gasteiger partial charge in [0.25, 0.3) is 0 Å². The van der Waals surface area contributed by atoms with E-state index in [0.717, 1.165) is 18.7 Å². The van der Waals surface area contributed by atoms with Gasteiger partial charge >= 0.3 is 0 Å². The second-order valence-electron chi connectivity index (χ2n) is 4.16. The van der Waals surface area contributed by atoms with E-state index in [-0.39, 0.29) is 5.91 Å². The third kappa shape index (κ3) is 4.14. The Hall–Kier alpha value is -1.32. The third-order valence-corrected chi connectivity index (χ3v) is 2.27. The van der Waals surface area contributed by atoms with E-state index in [1.165, 1.54) is 0 Å². The number of aromatic nitrogens is 2. The van der Waals surface area contributed by atoms with Gasteiger partial charge in [-0.2, -0.15) is 5.10 Å². The molecule has 1 rings (SSSR count). The molecule has 0 aliphatic heterocycles. The van der Waals surface area contributed by atoms with E-state index in [4.69, 9.17) is 0 Å². The van der Waals surface area contributed by atoms with Crippen LogP contribution in [0.25, 0.3) is 0 Å². The maximum absolute atomic E-state index is 11.5. The van der Waals surface area contributed by atoms with Crippen LogP contribution in [0.5, 0.6) is 0 Å². The van der Waals surface area contributed by atoms with Gasteiger partial charge in [0.15, 0.2) is 0 Å². The fraction of sp³-hybridized carbons (Fsp3) is 0.636. The number of carbonyl (C=O) groups is 1. The predicted octanol–water partition coefficient (Wildman–Crippen LogP) is 1.35. The van der Waals surface area contributed by atoms with Crippen LogP contribution in [0.15, 0.2) is 12.3 Å². The standard InChI is InChI=1S/C11H19N3O/c1-9(2)4-6-12-11(15)8-14-10(3)5-7-13-14/h5,7,9H,4,6,8H2,1-3H3,(H,12,15). The molecule has 0 unspecified atom stereocenters. The smallest absolute Gasteiger partial charge is 0.241 e. The topological polar surface area (TPSA) is 46.9 Å². The minimum Gasteiger partial charge on any atom is -0.354 e. The molecule has 1 aromatic rings. The second-order valence-corrected chi connectivity index (χ2v) is 4.16. The lowest BCUT2D eigenvalue weighted by atomic mass is 10.1. The molecule has 0 aromatic carbocycles. The number of rotatable bonds is 5. The predicted molar refractivity (Wildman–Crippen MR) is 59.4 cm³/mol. The van der Waals surface area contributed by atoms with E-state index in [9.17, 15) is 4.79 Å². The lowest BCUT2D eigenvalue weighted by Crippen LogP contribution is -2.29. The zero-order valence-electron chi connectivity index (χ0n) is 9.66. The summed E-state index contributed by atoms with van der Waals surface area (Å²) in [6.45, 7) is 7.29. The SMILES string of the molecule is Cc1ccnn1CC(=O)NCCC(C)C. The molecule has 15 heavy (non-hydrogen) atoms. The minimum absolute atomic E-state index is 0.0300. The van der Waals surface area contributed by atoms with Crippen LogP contribution in [-0.2, 0) is 11.3 Å². The van der Waals surface area contributed by atoms with Gasteiger partial charge in [-0.05, 0) is 25.3 Å². The van der Waals surface area contributed by atoms with Crippen LogP contribution in [0.1, 0.15) is 26.0 Å². The number of aryl methyl sites for hydroxylation is 1. The normalized spacial score (nSPS) is 10.7. The van der Waals surface area contributed by atoms with E-state index in [1.54, 1.807) is 10.9 Å². The van der Waals surface area contributed by atoms with Gasteiger partial charge in [-0.1, -0.05) is 13.8 Å². The molecule has 0 aliphatic carbocycles. The number of nitrogens with one attached hydrogen (secondary N) is 1. The summed E-state index contributed by atoms with van der Waals surface area (Å²) in [5, 5.41) is 6.93. The van der Waals surface area contributed by atoms with Crippen LogP contribution in [0, 0.1) is 12.8 Å². The molecule has 0 fully saturated rings. The van der Waals surface area contributed by atoms with Crippen molar-refractivity contribution in [2.45, 2.75) is 33.7 Å². The average Bonchev–Trinajstić information content (AvgIpc) is 2.51. The molecule has 1 amide bonds. The van der Waals surface area contributed by atoms with Gasteiger partial charge in [-0.15, -0.1) is 0 Å². The quantitative estimate of drug-likeness (QED) is 0.795. The van der Waals surface area contributed by atoms with E-state index >= 15 is 0 Å². The van der Waals surface area contributed by atoms with Crippen molar-refractivity contribution in [1.82, 2.24) is 15.1 Å². The molecule has 0 saturated heterocycles. The van der Waals surface area contributed by atoms with Crippen LogP contribution in [-0.4, -0.2) is 22.2 Å². The van der Waals surface area contributed by atoms with Gasteiger partial charge in [0, 0.05) is 18.4 Å².